The van der Waals surface area contributed by atoms with Crippen molar-refractivity contribution in [3.8, 4) is 6.07 Å². The Hall–Kier alpha value is -1.69. The fourth-order valence-corrected chi connectivity index (χ4v) is 1.03. The fraction of sp³-hybridized carbons (Fsp3) is 0.125. The van der Waals surface area contributed by atoms with Crippen LogP contribution in [0.2, 0.25) is 0 Å². The molecule has 0 amide bonds. The van der Waals surface area contributed by atoms with Crippen LogP contribution in [-0.2, 0) is 0 Å². The van der Waals surface area contributed by atoms with Gasteiger partial charge >= 0.3 is 0 Å². The Morgan fingerprint density at radius 3 is 2.18 bits per heavy atom. The van der Waals surface area contributed by atoms with E-state index >= 15 is 0 Å². The summed E-state index contributed by atoms with van der Waals surface area (Å²) in [6.45, 7) is 0. The monoisotopic (exact) mass is 143 g/mol. The molecule has 3 heteroatoms. The first-order chi connectivity index (χ1) is 5.40. The zero-order valence-corrected chi connectivity index (χ0v) is 5.73. The number of hydrogen-bond acceptors (Lipinski definition) is 3. The molecule has 0 aromatic heterocycles. The maximum atomic E-state index is 8.50. The highest BCUT2D eigenvalue weighted by molar-refractivity contribution is 5.07. The van der Waals surface area contributed by atoms with Crippen LogP contribution in [0.15, 0.2) is 34.3 Å². The molecule has 1 aromatic carbocycles. The van der Waals surface area contributed by atoms with Gasteiger partial charge in [-0.2, -0.15) is 5.26 Å². The minimum atomic E-state index is -0.521. The van der Waals surface area contributed by atoms with Gasteiger partial charge in [-0.1, -0.05) is 12.1 Å². The Bertz CT molecular complexity index is 392. The Morgan fingerprint density at radius 2 is 1.73 bits per heavy atom. The van der Waals surface area contributed by atoms with Crippen LogP contribution in [-0.4, -0.2) is 6.17 Å². The van der Waals surface area contributed by atoms with Crippen LogP contribution >= 0.6 is 0 Å². The van der Waals surface area contributed by atoms with Crippen molar-refractivity contribution in [1.29, 1.82) is 5.26 Å². The van der Waals surface area contributed by atoms with Gasteiger partial charge in [-0.25, -0.2) is 9.98 Å². The minimum Gasteiger partial charge on any atom is -0.242 e. The molecule has 52 valence electrons. The number of nitrogens with zero attached hydrogens (tertiary/aromatic N) is 3. The van der Waals surface area contributed by atoms with Gasteiger partial charge in [0.15, 0.2) is 0 Å². The van der Waals surface area contributed by atoms with Crippen LogP contribution in [0.1, 0.15) is 0 Å². The van der Waals surface area contributed by atoms with Crippen molar-refractivity contribution in [3.63, 3.8) is 0 Å². The Morgan fingerprint density at radius 1 is 1.18 bits per heavy atom. The quantitative estimate of drug-likeness (QED) is 0.495. The second kappa shape index (κ2) is 2.17. The highest BCUT2D eigenvalue weighted by Crippen LogP contribution is 1.90. The number of hydrogen-bond donors (Lipinski definition) is 0. The summed E-state index contributed by atoms with van der Waals surface area (Å²) in [6, 6.07) is 9.47. The smallest absolute Gasteiger partial charge is 0.227 e. The maximum Gasteiger partial charge on any atom is 0.227 e. The van der Waals surface area contributed by atoms with E-state index in [0.29, 0.717) is 0 Å². The van der Waals surface area contributed by atoms with E-state index < -0.39 is 6.17 Å². The first kappa shape index (κ1) is 6.05. The van der Waals surface area contributed by atoms with E-state index in [4.69, 9.17) is 5.26 Å². The molecule has 0 N–H and O–H groups in total. The molecule has 11 heavy (non-hydrogen) atoms. The van der Waals surface area contributed by atoms with Gasteiger partial charge < -0.3 is 0 Å². The van der Waals surface area contributed by atoms with Crippen LogP contribution in [0.5, 0.6) is 0 Å². The topological polar surface area (TPSA) is 48.5 Å². The number of para-hydroxylation sites is 2. The van der Waals surface area contributed by atoms with Crippen molar-refractivity contribution in [2.24, 2.45) is 9.98 Å². The molecule has 0 spiro atoms. The van der Waals surface area contributed by atoms with Crippen molar-refractivity contribution < 1.29 is 0 Å². The number of fused-ring (bicyclic) bond motifs is 1. The molecule has 1 aliphatic rings. The molecule has 0 atom stereocenters. The lowest BCUT2D eigenvalue weighted by Gasteiger charge is -1.82. The molecule has 3 nitrogen and oxygen atoms in total. The van der Waals surface area contributed by atoms with Crippen LogP contribution in [0, 0.1) is 11.3 Å². The van der Waals surface area contributed by atoms with Crippen LogP contribution < -0.4 is 10.7 Å². The van der Waals surface area contributed by atoms with Gasteiger partial charge in [0.2, 0.25) is 6.17 Å². The van der Waals surface area contributed by atoms with Gasteiger partial charge in [0.05, 0.1) is 10.7 Å². The van der Waals surface area contributed by atoms with E-state index in [9.17, 15) is 0 Å². The summed E-state index contributed by atoms with van der Waals surface area (Å²) in [5.41, 5.74) is 0. The molecule has 0 saturated heterocycles. The first-order valence-corrected chi connectivity index (χ1v) is 3.30. The van der Waals surface area contributed by atoms with E-state index in [1.165, 1.54) is 0 Å². The highest BCUT2D eigenvalue weighted by atomic mass is 15.0. The second-order valence-electron chi connectivity index (χ2n) is 2.25. The molecule has 1 heterocycles. The zero-order valence-electron chi connectivity index (χ0n) is 5.73. The fourth-order valence-electron chi connectivity index (χ4n) is 1.03. The molecule has 0 aliphatic carbocycles. The molecule has 0 radical (unpaired) electrons. The summed E-state index contributed by atoms with van der Waals surface area (Å²) < 4.78 is 0. The number of nitriles is 1. The Balaban J connectivity index is 2.73. The Kier molecular flexibility index (Phi) is 1.19. The third kappa shape index (κ3) is 0.887. The average Bonchev–Trinajstić information content (AvgIpc) is 2.46. The third-order valence-corrected chi connectivity index (χ3v) is 1.52. The van der Waals surface area contributed by atoms with Crippen molar-refractivity contribution in [3.05, 3.63) is 35.0 Å². The molecule has 1 aromatic rings. The van der Waals surface area contributed by atoms with Crippen LogP contribution in [0.25, 0.3) is 0 Å². The second-order valence-corrected chi connectivity index (χ2v) is 2.25. The summed E-state index contributed by atoms with van der Waals surface area (Å²) in [5.74, 6) is 0. The van der Waals surface area contributed by atoms with E-state index in [1.54, 1.807) is 0 Å². The van der Waals surface area contributed by atoms with Gasteiger partial charge in [-0.05, 0) is 12.1 Å². The lowest BCUT2D eigenvalue weighted by atomic mass is 10.3. The SMILES string of the molecule is N#CC1N=c2ccccc2=N1. The Labute approximate surface area is 63.3 Å². The summed E-state index contributed by atoms with van der Waals surface area (Å²) in [7, 11) is 0. The van der Waals surface area contributed by atoms with Gasteiger partial charge in [-0.15, -0.1) is 0 Å². The normalized spacial score (nSPS) is 14.5. The van der Waals surface area contributed by atoms with Gasteiger partial charge in [0.25, 0.3) is 0 Å². The zero-order chi connectivity index (χ0) is 7.68. The number of rotatable bonds is 0. The number of benzene rings is 1. The average molecular weight is 143 g/mol. The summed E-state index contributed by atoms with van der Waals surface area (Å²) in [4.78, 5) is 8.08. The molecule has 2 rings (SSSR count). The van der Waals surface area contributed by atoms with Crippen molar-refractivity contribution >= 4 is 0 Å². The van der Waals surface area contributed by atoms with Crippen molar-refractivity contribution in [1.82, 2.24) is 0 Å². The third-order valence-electron chi connectivity index (χ3n) is 1.52. The van der Waals surface area contributed by atoms with Gasteiger partial charge in [0.1, 0.15) is 6.07 Å². The lowest BCUT2D eigenvalue weighted by Crippen LogP contribution is -2.19. The van der Waals surface area contributed by atoms with Crippen LogP contribution in [0.3, 0.4) is 0 Å². The minimum absolute atomic E-state index is 0.521. The molecular weight excluding hydrogens is 138 g/mol. The molecule has 0 bridgehead atoms. The van der Waals surface area contributed by atoms with Crippen molar-refractivity contribution in [2.45, 2.75) is 6.17 Å². The van der Waals surface area contributed by atoms with Gasteiger partial charge in [0, 0.05) is 0 Å². The lowest BCUT2D eigenvalue weighted by molar-refractivity contribution is 0.884. The molecule has 1 aliphatic heterocycles. The van der Waals surface area contributed by atoms with Gasteiger partial charge in [-0.3, -0.25) is 0 Å². The van der Waals surface area contributed by atoms with Crippen molar-refractivity contribution in [2.75, 3.05) is 0 Å². The summed E-state index contributed by atoms with van der Waals surface area (Å²) in [6.07, 6.45) is -0.521. The molecular formula is C8H5N3. The summed E-state index contributed by atoms with van der Waals surface area (Å²) >= 11 is 0. The molecule has 0 saturated carbocycles. The van der Waals surface area contributed by atoms with E-state index in [1.807, 2.05) is 30.3 Å². The largest absolute Gasteiger partial charge is 0.242 e. The van der Waals surface area contributed by atoms with E-state index in [0.717, 1.165) is 10.7 Å². The highest BCUT2D eigenvalue weighted by Gasteiger charge is 2.05. The predicted octanol–water partition coefficient (Wildman–Crippen LogP) is -0.211. The molecule has 0 unspecified atom stereocenters. The predicted molar refractivity (Wildman–Crippen MR) is 38.2 cm³/mol. The van der Waals surface area contributed by atoms with E-state index in [-0.39, 0.29) is 0 Å². The molecule has 0 fully saturated rings. The first-order valence-electron chi connectivity index (χ1n) is 3.30. The van der Waals surface area contributed by atoms with Crippen LogP contribution in [0.4, 0.5) is 0 Å². The standard InChI is InChI=1S/C8H5N3/c9-5-8-10-6-3-1-2-4-7(6)11-8/h1-4,8H. The summed E-state index contributed by atoms with van der Waals surface area (Å²) in [5, 5.41) is 10.1. The maximum absolute atomic E-state index is 8.50. The van der Waals surface area contributed by atoms with E-state index in [2.05, 4.69) is 9.98 Å².